The van der Waals surface area contributed by atoms with Crippen LogP contribution in [0.2, 0.25) is 0 Å². The first-order valence-electron chi connectivity index (χ1n) is 3.49. The Labute approximate surface area is 66.0 Å². The molecule has 0 radical (unpaired) electrons. The van der Waals surface area contributed by atoms with Gasteiger partial charge in [0.1, 0.15) is 6.10 Å². The summed E-state index contributed by atoms with van der Waals surface area (Å²) in [6, 6.07) is 0.118. The van der Waals surface area contributed by atoms with Crippen molar-refractivity contribution in [1.29, 1.82) is 0 Å². The van der Waals surface area contributed by atoms with Gasteiger partial charge in [0.2, 0.25) is 0 Å². The highest BCUT2D eigenvalue weighted by atomic mass is 35.5. The van der Waals surface area contributed by atoms with Crippen molar-refractivity contribution in [2.24, 2.45) is 5.73 Å². The quantitative estimate of drug-likeness (QED) is 0.668. The molecule has 1 aliphatic heterocycles. The molecule has 0 aliphatic carbocycles. The molecule has 3 heteroatoms. The summed E-state index contributed by atoms with van der Waals surface area (Å²) >= 11 is 5.69. The van der Waals surface area contributed by atoms with Gasteiger partial charge in [-0.15, -0.1) is 0 Å². The first-order chi connectivity index (χ1) is 4.74. The molecule has 1 rings (SSSR count). The molecule has 1 unspecified atom stereocenters. The lowest BCUT2D eigenvalue weighted by Crippen LogP contribution is -2.33. The molecule has 10 heavy (non-hydrogen) atoms. The minimum atomic E-state index is 0.109. The highest BCUT2D eigenvalue weighted by molar-refractivity contribution is 6.29. The van der Waals surface area contributed by atoms with Gasteiger partial charge < -0.3 is 10.5 Å². The summed E-state index contributed by atoms with van der Waals surface area (Å²) in [6.07, 6.45) is 3.40. The van der Waals surface area contributed by atoms with E-state index in [9.17, 15) is 0 Å². The Bertz CT molecular complexity index is 147. The van der Waals surface area contributed by atoms with Crippen LogP contribution in [0.15, 0.2) is 11.3 Å². The monoisotopic (exact) mass is 161 g/mol. The maximum absolute atomic E-state index is 5.72. The Morgan fingerprint density at radius 1 is 2.00 bits per heavy atom. The standard InChI is InChI=1S/C7H12ClNO/c1-2-6(9)7-3-5(8)4-10-7/h4,6-7H,2-3,9H2,1H3/t6-,7?/m1/s1. The summed E-state index contributed by atoms with van der Waals surface area (Å²) in [6.45, 7) is 2.04. The fourth-order valence-corrected chi connectivity index (χ4v) is 1.17. The van der Waals surface area contributed by atoms with Gasteiger partial charge in [-0.2, -0.15) is 0 Å². The van der Waals surface area contributed by atoms with E-state index in [0.717, 1.165) is 17.9 Å². The normalized spacial score (nSPS) is 27.5. The molecule has 0 aromatic rings. The van der Waals surface area contributed by atoms with Gasteiger partial charge in [-0.05, 0) is 6.42 Å². The second-order valence-corrected chi connectivity index (χ2v) is 3.00. The molecule has 2 atom stereocenters. The van der Waals surface area contributed by atoms with Gasteiger partial charge >= 0.3 is 0 Å². The fourth-order valence-electron chi connectivity index (χ4n) is 0.965. The van der Waals surface area contributed by atoms with Crippen LogP contribution in [0, 0.1) is 0 Å². The first kappa shape index (κ1) is 7.89. The third kappa shape index (κ3) is 1.64. The molecule has 0 spiro atoms. The lowest BCUT2D eigenvalue weighted by Gasteiger charge is -2.16. The lowest BCUT2D eigenvalue weighted by atomic mass is 10.1. The summed E-state index contributed by atoms with van der Waals surface area (Å²) in [4.78, 5) is 0. The predicted molar refractivity (Wildman–Crippen MR) is 41.7 cm³/mol. The van der Waals surface area contributed by atoms with E-state index in [0.29, 0.717) is 0 Å². The van der Waals surface area contributed by atoms with Crippen LogP contribution >= 0.6 is 11.6 Å². The van der Waals surface area contributed by atoms with Gasteiger partial charge in [0.15, 0.2) is 0 Å². The van der Waals surface area contributed by atoms with Crippen LogP contribution in [0.3, 0.4) is 0 Å². The molecule has 0 aromatic carbocycles. The molecule has 1 aliphatic rings. The number of hydrogen-bond acceptors (Lipinski definition) is 2. The number of ether oxygens (including phenoxy) is 1. The Hall–Kier alpha value is -0.210. The van der Waals surface area contributed by atoms with E-state index in [4.69, 9.17) is 22.1 Å². The van der Waals surface area contributed by atoms with Crippen LogP contribution in [-0.4, -0.2) is 12.1 Å². The SMILES string of the molecule is CC[C@@H](N)C1CC(Cl)=CO1. The fraction of sp³-hybridized carbons (Fsp3) is 0.714. The number of halogens is 1. The highest BCUT2D eigenvalue weighted by Crippen LogP contribution is 2.23. The van der Waals surface area contributed by atoms with Gasteiger partial charge in [0.25, 0.3) is 0 Å². The maximum atomic E-state index is 5.72. The zero-order valence-electron chi connectivity index (χ0n) is 6.01. The van der Waals surface area contributed by atoms with Gasteiger partial charge in [-0.1, -0.05) is 18.5 Å². The van der Waals surface area contributed by atoms with Crippen LogP contribution in [-0.2, 0) is 4.74 Å². The maximum Gasteiger partial charge on any atom is 0.118 e. The Kier molecular flexibility index (Phi) is 2.57. The van der Waals surface area contributed by atoms with Crippen molar-refractivity contribution in [3.8, 4) is 0 Å². The average molecular weight is 162 g/mol. The van der Waals surface area contributed by atoms with Crippen molar-refractivity contribution in [2.45, 2.75) is 31.9 Å². The van der Waals surface area contributed by atoms with Crippen molar-refractivity contribution in [3.63, 3.8) is 0 Å². The smallest absolute Gasteiger partial charge is 0.118 e. The van der Waals surface area contributed by atoms with Crippen molar-refractivity contribution >= 4 is 11.6 Å². The molecular formula is C7H12ClNO. The van der Waals surface area contributed by atoms with Crippen LogP contribution in [0.4, 0.5) is 0 Å². The Morgan fingerprint density at radius 2 is 2.70 bits per heavy atom. The summed E-state index contributed by atoms with van der Waals surface area (Å²) in [5.74, 6) is 0. The van der Waals surface area contributed by atoms with E-state index >= 15 is 0 Å². The molecule has 58 valence electrons. The largest absolute Gasteiger partial charge is 0.495 e. The molecule has 0 amide bonds. The molecule has 0 fully saturated rings. The molecule has 2 nitrogen and oxygen atoms in total. The van der Waals surface area contributed by atoms with Crippen LogP contribution in [0.1, 0.15) is 19.8 Å². The summed E-state index contributed by atoms with van der Waals surface area (Å²) in [5, 5.41) is 0.772. The predicted octanol–water partition coefficient (Wildman–Crippen LogP) is 1.59. The van der Waals surface area contributed by atoms with E-state index in [1.807, 2.05) is 6.92 Å². The third-order valence-electron chi connectivity index (χ3n) is 1.72. The van der Waals surface area contributed by atoms with E-state index < -0.39 is 0 Å². The summed E-state index contributed by atoms with van der Waals surface area (Å²) in [5.41, 5.74) is 5.72. The van der Waals surface area contributed by atoms with Crippen molar-refractivity contribution in [1.82, 2.24) is 0 Å². The van der Waals surface area contributed by atoms with E-state index in [2.05, 4.69) is 0 Å². The highest BCUT2D eigenvalue weighted by Gasteiger charge is 2.22. The molecule has 2 N–H and O–H groups in total. The van der Waals surface area contributed by atoms with Crippen LogP contribution in [0.25, 0.3) is 0 Å². The van der Waals surface area contributed by atoms with Gasteiger partial charge in [-0.25, -0.2) is 0 Å². The molecule has 0 bridgehead atoms. The Morgan fingerprint density at radius 3 is 3.10 bits per heavy atom. The Balaban J connectivity index is 2.34. The second kappa shape index (κ2) is 3.26. The average Bonchev–Trinajstić information content (AvgIpc) is 2.34. The zero-order chi connectivity index (χ0) is 7.56. The van der Waals surface area contributed by atoms with Gasteiger partial charge in [0, 0.05) is 12.5 Å². The number of rotatable bonds is 2. The van der Waals surface area contributed by atoms with Gasteiger partial charge in [0.05, 0.1) is 11.3 Å². The molecular weight excluding hydrogens is 150 g/mol. The number of nitrogens with two attached hydrogens (primary N) is 1. The van der Waals surface area contributed by atoms with Crippen LogP contribution < -0.4 is 5.73 Å². The van der Waals surface area contributed by atoms with Crippen molar-refractivity contribution in [3.05, 3.63) is 11.3 Å². The summed E-state index contributed by atoms with van der Waals surface area (Å²) < 4.78 is 5.20. The van der Waals surface area contributed by atoms with E-state index in [1.54, 1.807) is 6.26 Å². The molecule has 0 saturated heterocycles. The van der Waals surface area contributed by atoms with Crippen LogP contribution in [0.5, 0.6) is 0 Å². The van der Waals surface area contributed by atoms with E-state index in [-0.39, 0.29) is 12.1 Å². The van der Waals surface area contributed by atoms with Gasteiger partial charge in [-0.3, -0.25) is 0 Å². The van der Waals surface area contributed by atoms with Crippen molar-refractivity contribution in [2.75, 3.05) is 0 Å². The lowest BCUT2D eigenvalue weighted by molar-refractivity contribution is 0.140. The minimum Gasteiger partial charge on any atom is -0.495 e. The topological polar surface area (TPSA) is 35.2 Å². The molecule has 0 aromatic heterocycles. The molecule has 1 heterocycles. The van der Waals surface area contributed by atoms with E-state index in [1.165, 1.54) is 0 Å². The number of hydrogen-bond donors (Lipinski definition) is 1. The first-order valence-corrected chi connectivity index (χ1v) is 3.87. The minimum absolute atomic E-state index is 0.109. The summed E-state index contributed by atoms with van der Waals surface area (Å²) in [7, 11) is 0. The molecule has 0 saturated carbocycles. The zero-order valence-corrected chi connectivity index (χ0v) is 6.77. The third-order valence-corrected chi connectivity index (χ3v) is 1.96. The second-order valence-electron chi connectivity index (χ2n) is 2.52. The van der Waals surface area contributed by atoms with Crippen molar-refractivity contribution < 1.29 is 4.74 Å².